The van der Waals surface area contributed by atoms with Gasteiger partial charge in [-0.2, -0.15) is 8.78 Å². The lowest BCUT2D eigenvalue weighted by Gasteiger charge is -2.17. The number of nitrogens with zero attached hydrogens (tertiary/aromatic N) is 1. The predicted molar refractivity (Wildman–Crippen MR) is 71.1 cm³/mol. The van der Waals surface area contributed by atoms with E-state index in [1.165, 1.54) is 24.5 Å². The van der Waals surface area contributed by atoms with Crippen molar-refractivity contribution < 1.29 is 23.0 Å². The van der Waals surface area contributed by atoms with Crippen molar-refractivity contribution in [2.24, 2.45) is 0 Å². The molecule has 2 rings (SSSR count). The zero-order valence-corrected chi connectivity index (χ0v) is 11.8. The Labute approximate surface area is 118 Å². The molecule has 4 nitrogen and oxygen atoms in total. The number of methoxy groups -OCH3 is 1. The number of carbonyl (C=O) groups excluding carboxylic acids is 1. The van der Waals surface area contributed by atoms with Gasteiger partial charge in [-0.05, 0) is 30.6 Å². The number of rotatable bonds is 5. The van der Waals surface area contributed by atoms with Crippen LogP contribution in [0.2, 0.25) is 0 Å². The number of carbonyl (C=O) groups is 1. The minimum atomic E-state index is -3.22. The van der Waals surface area contributed by atoms with Crippen molar-refractivity contribution in [1.82, 2.24) is 4.98 Å². The largest absolute Gasteiger partial charge is 0.486 e. The molecule has 0 N–H and O–H groups in total. The molecule has 1 aliphatic rings. The van der Waals surface area contributed by atoms with Crippen LogP contribution in [-0.2, 0) is 4.74 Å². The third-order valence-electron chi connectivity index (χ3n) is 2.56. The second-order valence-corrected chi connectivity index (χ2v) is 5.20. The van der Waals surface area contributed by atoms with Gasteiger partial charge in [-0.3, -0.25) is 4.79 Å². The highest BCUT2D eigenvalue weighted by Gasteiger charge is 2.25. The molecule has 0 bridgehead atoms. The lowest BCUT2D eigenvalue weighted by molar-refractivity contribution is -0.195. The normalized spacial score (nSPS) is 15.4. The maximum Gasteiger partial charge on any atom is 0.394 e. The van der Waals surface area contributed by atoms with Crippen molar-refractivity contribution in [2.45, 2.75) is 25.9 Å². The first-order valence-corrected chi connectivity index (χ1v) is 6.72. The number of thiazole rings is 1. The fraction of sp³-hybridized carbons (Fsp3) is 0.385. The second kappa shape index (κ2) is 5.70. The van der Waals surface area contributed by atoms with Crippen molar-refractivity contribution >= 4 is 23.2 Å². The molecule has 0 saturated heterocycles. The van der Waals surface area contributed by atoms with Gasteiger partial charge in [0.1, 0.15) is 10.8 Å². The Morgan fingerprint density at radius 2 is 2.25 bits per heavy atom. The molecule has 1 aromatic rings. The van der Waals surface area contributed by atoms with Crippen LogP contribution in [0.1, 0.15) is 35.3 Å². The second-order valence-electron chi connectivity index (χ2n) is 4.24. The molecule has 0 aliphatic heterocycles. The first kappa shape index (κ1) is 14.6. The number of aldehydes is 1. The molecule has 0 radical (unpaired) electrons. The Morgan fingerprint density at radius 3 is 2.80 bits per heavy atom. The van der Waals surface area contributed by atoms with E-state index in [-0.39, 0.29) is 11.5 Å². The van der Waals surface area contributed by atoms with Gasteiger partial charge in [0.25, 0.3) is 0 Å². The van der Waals surface area contributed by atoms with Gasteiger partial charge in [-0.1, -0.05) is 11.3 Å². The lowest BCUT2D eigenvalue weighted by atomic mass is 10.0. The third-order valence-corrected chi connectivity index (χ3v) is 3.67. The number of hydrogen-bond donors (Lipinski definition) is 0. The van der Waals surface area contributed by atoms with E-state index in [2.05, 4.69) is 9.72 Å². The summed E-state index contributed by atoms with van der Waals surface area (Å²) in [6, 6.07) is 0. The molecule has 1 heterocycles. The fourth-order valence-corrected chi connectivity index (χ4v) is 2.69. The van der Waals surface area contributed by atoms with Crippen LogP contribution in [0, 0.1) is 0 Å². The first-order valence-electron chi connectivity index (χ1n) is 5.91. The summed E-state index contributed by atoms with van der Waals surface area (Å²) in [6.07, 6.45) is 1.74. The summed E-state index contributed by atoms with van der Waals surface area (Å²) in [5.41, 5.74) is 0.967. The number of alkyl halides is 2. The van der Waals surface area contributed by atoms with Crippen LogP contribution < -0.4 is 4.74 Å². The minimum Gasteiger partial charge on any atom is -0.486 e. The monoisotopic (exact) mass is 301 g/mol. The molecule has 0 fully saturated rings. The van der Waals surface area contributed by atoms with E-state index in [0.29, 0.717) is 36.1 Å². The van der Waals surface area contributed by atoms with E-state index >= 15 is 0 Å². The number of aromatic nitrogens is 1. The standard InChI is InChI=1S/C13H13F2NO3S/c1-13(14,15)19-9-5-3-4-8(6-9)11-16-10(7-17)12(18-2)20-11/h5-7H,3-4H2,1-2H3. The molecule has 1 aromatic heterocycles. The summed E-state index contributed by atoms with van der Waals surface area (Å²) in [6.45, 7) is 0.687. The van der Waals surface area contributed by atoms with Crippen LogP contribution in [0.5, 0.6) is 5.06 Å². The molecule has 108 valence electrons. The van der Waals surface area contributed by atoms with Crippen LogP contribution in [-0.4, -0.2) is 24.5 Å². The van der Waals surface area contributed by atoms with E-state index < -0.39 is 6.11 Å². The van der Waals surface area contributed by atoms with Gasteiger partial charge in [0.05, 0.1) is 7.11 Å². The van der Waals surface area contributed by atoms with Gasteiger partial charge in [-0.25, -0.2) is 4.98 Å². The lowest BCUT2D eigenvalue weighted by Crippen LogP contribution is -2.15. The summed E-state index contributed by atoms with van der Waals surface area (Å²) in [4.78, 5) is 15.0. The van der Waals surface area contributed by atoms with Crippen LogP contribution >= 0.6 is 11.3 Å². The predicted octanol–water partition coefficient (Wildman–Crippen LogP) is 3.65. The maximum atomic E-state index is 12.8. The Bertz CT molecular complexity index is 573. The quantitative estimate of drug-likeness (QED) is 0.779. The minimum absolute atomic E-state index is 0.112. The summed E-state index contributed by atoms with van der Waals surface area (Å²) >= 11 is 1.21. The van der Waals surface area contributed by atoms with Gasteiger partial charge < -0.3 is 9.47 Å². The zero-order chi connectivity index (χ0) is 14.8. The van der Waals surface area contributed by atoms with Crippen molar-refractivity contribution in [2.75, 3.05) is 7.11 Å². The van der Waals surface area contributed by atoms with Crippen molar-refractivity contribution in [3.8, 4) is 5.06 Å². The number of halogens is 2. The van der Waals surface area contributed by atoms with E-state index in [1.807, 2.05) is 0 Å². The van der Waals surface area contributed by atoms with Crippen LogP contribution in [0.15, 0.2) is 17.9 Å². The molecule has 0 spiro atoms. The highest BCUT2D eigenvalue weighted by atomic mass is 32.1. The van der Waals surface area contributed by atoms with Crippen LogP contribution in [0.25, 0.3) is 5.57 Å². The van der Waals surface area contributed by atoms with Gasteiger partial charge in [-0.15, -0.1) is 0 Å². The Kier molecular flexibility index (Phi) is 4.17. The molecule has 0 amide bonds. The van der Waals surface area contributed by atoms with E-state index in [0.717, 1.165) is 5.57 Å². The number of allylic oxidation sites excluding steroid dienone is 3. The molecule has 20 heavy (non-hydrogen) atoms. The molecule has 0 saturated carbocycles. The third kappa shape index (κ3) is 3.41. The molecule has 0 aromatic carbocycles. The summed E-state index contributed by atoms with van der Waals surface area (Å²) in [7, 11) is 1.45. The molecule has 7 heteroatoms. The molecular formula is C13H13F2NO3S. The zero-order valence-electron chi connectivity index (χ0n) is 11.0. The summed E-state index contributed by atoms with van der Waals surface area (Å²) in [5.74, 6) is 0.112. The van der Waals surface area contributed by atoms with Crippen molar-refractivity contribution in [3.63, 3.8) is 0 Å². The fourth-order valence-electron chi connectivity index (χ4n) is 1.80. The first-order chi connectivity index (χ1) is 9.43. The molecule has 0 atom stereocenters. The Morgan fingerprint density at radius 1 is 1.50 bits per heavy atom. The highest BCUT2D eigenvalue weighted by molar-refractivity contribution is 7.14. The van der Waals surface area contributed by atoms with E-state index in [4.69, 9.17) is 4.74 Å². The van der Waals surface area contributed by atoms with Gasteiger partial charge >= 0.3 is 6.11 Å². The Balaban J connectivity index is 2.26. The average molecular weight is 301 g/mol. The molecule has 1 aliphatic carbocycles. The number of hydrogen-bond acceptors (Lipinski definition) is 5. The van der Waals surface area contributed by atoms with Gasteiger partial charge in [0.2, 0.25) is 5.06 Å². The molecule has 0 unspecified atom stereocenters. The maximum absolute atomic E-state index is 12.8. The topological polar surface area (TPSA) is 48.4 Å². The van der Waals surface area contributed by atoms with Crippen LogP contribution in [0.4, 0.5) is 8.78 Å². The van der Waals surface area contributed by atoms with Gasteiger partial charge in [0.15, 0.2) is 12.0 Å². The number of ether oxygens (including phenoxy) is 2. The smallest absolute Gasteiger partial charge is 0.394 e. The highest BCUT2D eigenvalue weighted by Crippen LogP contribution is 2.35. The average Bonchev–Trinajstić information content (AvgIpc) is 2.80. The Hall–Kier alpha value is -1.76. The summed E-state index contributed by atoms with van der Waals surface area (Å²) < 4.78 is 35.3. The molecular weight excluding hydrogens is 288 g/mol. The summed E-state index contributed by atoms with van der Waals surface area (Å²) in [5, 5.41) is 0.992. The van der Waals surface area contributed by atoms with Crippen LogP contribution in [0.3, 0.4) is 0 Å². The van der Waals surface area contributed by atoms with Crippen molar-refractivity contribution in [1.29, 1.82) is 0 Å². The van der Waals surface area contributed by atoms with E-state index in [9.17, 15) is 13.6 Å². The van der Waals surface area contributed by atoms with Crippen molar-refractivity contribution in [3.05, 3.63) is 28.6 Å². The van der Waals surface area contributed by atoms with Gasteiger partial charge in [0, 0.05) is 6.92 Å². The SMILES string of the molecule is COc1sc(C2=CC(OC(C)(F)F)=CCC2)nc1C=O. The van der Waals surface area contributed by atoms with E-state index in [1.54, 1.807) is 6.08 Å².